The average Bonchev–Trinajstić information content (AvgIpc) is 3.45. The monoisotopic (exact) mass is 469 g/mol. The minimum absolute atomic E-state index is 0.00114. The van der Waals surface area contributed by atoms with Gasteiger partial charge in [-0.2, -0.15) is 15.1 Å². The molecule has 0 unspecified atom stereocenters. The van der Waals surface area contributed by atoms with Crippen LogP contribution in [0.15, 0.2) is 76.5 Å². The molecule has 0 saturated heterocycles. The maximum atomic E-state index is 12.8. The Bertz CT molecular complexity index is 1420. The molecule has 2 aliphatic heterocycles. The van der Waals surface area contributed by atoms with Crippen molar-refractivity contribution in [2.75, 3.05) is 6.61 Å². The topological polar surface area (TPSA) is 83.0 Å². The Labute approximate surface area is 202 Å². The first-order valence-electron chi connectivity index (χ1n) is 10.8. The maximum absolute atomic E-state index is 12.8. The number of benzene rings is 2. The number of amides is 1. The molecule has 0 radical (unpaired) electrons. The summed E-state index contributed by atoms with van der Waals surface area (Å²) < 4.78 is 7.87. The van der Waals surface area contributed by atoms with Crippen molar-refractivity contribution in [2.24, 2.45) is 10.1 Å². The number of aryl methyl sites for hydroxylation is 3. The zero-order chi connectivity index (χ0) is 23.8. The number of fused-ring (bicyclic) bond motifs is 1. The fourth-order valence-electron chi connectivity index (χ4n) is 3.72. The van der Waals surface area contributed by atoms with Crippen LogP contribution < -0.4 is 4.74 Å². The highest BCUT2D eigenvalue weighted by atomic mass is 32.2. The fourth-order valence-corrected chi connectivity index (χ4v) is 4.52. The summed E-state index contributed by atoms with van der Waals surface area (Å²) in [5, 5.41) is 15.5. The van der Waals surface area contributed by atoms with Gasteiger partial charge in [-0.25, -0.2) is 0 Å². The van der Waals surface area contributed by atoms with Crippen LogP contribution in [-0.2, 0) is 4.79 Å². The SMILES string of the molecule is Cc1ccc(-n2cccc2/C=C2\C(=N)N3N=C(COc4ccccc4C)SC3=NC2=O)cc1C. The van der Waals surface area contributed by atoms with Gasteiger partial charge in [-0.15, -0.1) is 0 Å². The van der Waals surface area contributed by atoms with Crippen LogP contribution in [0, 0.1) is 26.2 Å². The molecule has 1 amide bonds. The van der Waals surface area contributed by atoms with Gasteiger partial charge in [-0.05, 0) is 85.6 Å². The summed E-state index contributed by atoms with van der Waals surface area (Å²) in [7, 11) is 0. The van der Waals surface area contributed by atoms with Crippen LogP contribution in [0.4, 0.5) is 0 Å². The van der Waals surface area contributed by atoms with Gasteiger partial charge < -0.3 is 9.30 Å². The zero-order valence-electron chi connectivity index (χ0n) is 19.1. The van der Waals surface area contributed by atoms with Gasteiger partial charge in [0.2, 0.25) is 5.17 Å². The van der Waals surface area contributed by atoms with E-state index < -0.39 is 5.91 Å². The molecule has 0 spiro atoms. The molecule has 0 bridgehead atoms. The number of amidine groups is 2. The highest BCUT2D eigenvalue weighted by Gasteiger charge is 2.36. The third kappa shape index (κ3) is 4.08. The van der Waals surface area contributed by atoms with E-state index >= 15 is 0 Å². The second-order valence-electron chi connectivity index (χ2n) is 8.14. The molecule has 2 aromatic carbocycles. The molecule has 1 N–H and O–H groups in total. The number of para-hydroxylation sites is 1. The molecule has 7 nitrogen and oxygen atoms in total. The summed E-state index contributed by atoms with van der Waals surface area (Å²) in [6.45, 7) is 6.36. The Morgan fingerprint density at radius 1 is 1.03 bits per heavy atom. The molecular formula is C26H23N5O2S. The quantitative estimate of drug-likeness (QED) is 0.527. The van der Waals surface area contributed by atoms with Gasteiger partial charge in [0.05, 0.1) is 5.57 Å². The second kappa shape index (κ2) is 8.79. The molecule has 34 heavy (non-hydrogen) atoms. The lowest BCUT2D eigenvalue weighted by Gasteiger charge is -2.20. The van der Waals surface area contributed by atoms with Gasteiger partial charge in [0, 0.05) is 17.6 Å². The van der Waals surface area contributed by atoms with Crippen molar-refractivity contribution in [3.05, 3.63) is 88.8 Å². The lowest BCUT2D eigenvalue weighted by atomic mass is 10.1. The van der Waals surface area contributed by atoms with Gasteiger partial charge in [0.25, 0.3) is 5.91 Å². The van der Waals surface area contributed by atoms with Crippen LogP contribution in [0.1, 0.15) is 22.4 Å². The van der Waals surface area contributed by atoms with Crippen LogP contribution in [0.5, 0.6) is 5.75 Å². The van der Waals surface area contributed by atoms with E-state index in [4.69, 9.17) is 10.1 Å². The summed E-state index contributed by atoms with van der Waals surface area (Å²) in [5.74, 6) is 0.325. The van der Waals surface area contributed by atoms with E-state index in [1.54, 1.807) is 6.08 Å². The first-order chi connectivity index (χ1) is 16.4. The predicted octanol–water partition coefficient (Wildman–Crippen LogP) is 5.10. The minimum atomic E-state index is -0.451. The number of nitrogens with zero attached hydrogens (tertiary/aromatic N) is 4. The largest absolute Gasteiger partial charge is 0.486 e. The molecule has 1 aromatic heterocycles. The summed E-state index contributed by atoms with van der Waals surface area (Å²) in [6, 6.07) is 17.8. The third-order valence-corrected chi connectivity index (χ3v) is 6.66. The molecule has 5 rings (SSSR count). The minimum Gasteiger partial charge on any atom is -0.486 e. The van der Waals surface area contributed by atoms with E-state index in [1.807, 2.05) is 60.2 Å². The molecule has 3 heterocycles. The molecule has 0 saturated carbocycles. The maximum Gasteiger partial charge on any atom is 0.283 e. The number of nitrogens with one attached hydrogen (secondary N) is 1. The Hall–Kier alpha value is -3.91. The van der Waals surface area contributed by atoms with Crippen LogP contribution in [-0.4, -0.2) is 38.1 Å². The fraction of sp³-hybridized carbons (Fsp3) is 0.154. The number of rotatable bonds is 5. The Balaban J connectivity index is 1.39. The van der Waals surface area contributed by atoms with Crippen LogP contribution in [0.3, 0.4) is 0 Å². The molecule has 3 aromatic rings. The van der Waals surface area contributed by atoms with E-state index in [0.717, 1.165) is 22.7 Å². The average molecular weight is 470 g/mol. The standard InChI is InChI=1S/C26H23N5O2S/c1-16-10-11-20(13-18(16)3)30-12-6-8-19(30)14-21-24(27)31-26(28-25(21)32)34-23(29-31)15-33-22-9-5-4-7-17(22)2/h4-14,27H,15H2,1-3H3/b21-14+,27-24?. The van der Waals surface area contributed by atoms with Gasteiger partial charge in [0.15, 0.2) is 5.84 Å². The number of hydrogen-bond donors (Lipinski definition) is 1. The highest BCUT2D eigenvalue weighted by Crippen LogP contribution is 2.29. The Kier molecular flexibility index (Phi) is 5.67. The van der Waals surface area contributed by atoms with Crippen molar-refractivity contribution in [3.63, 3.8) is 0 Å². The van der Waals surface area contributed by atoms with Gasteiger partial charge in [-0.1, -0.05) is 24.3 Å². The van der Waals surface area contributed by atoms with Gasteiger partial charge >= 0.3 is 0 Å². The van der Waals surface area contributed by atoms with Crippen molar-refractivity contribution in [2.45, 2.75) is 20.8 Å². The van der Waals surface area contributed by atoms with Crippen molar-refractivity contribution >= 4 is 39.8 Å². The van der Waals surface area contributed by atoms with Gasteiger partial charge in [0.1, 0.15) is 17.4 Å². The van der Waals surface area contributed by atoms with Crippen LogP contribution in [0.2, 0.25) is 0 Å². The Morgan fingerprint density at radius 2 is 1.85 bits per heavy atom. The summed E-state index contributed by atoms with van der Waals surface area (Å²) in [4.78, 5) is 17.0. The normalized spacial score (nSPS) is 16.6. The zero-order valence-corrected chi connectivity index (χ0v) is 19.9. The molecule has 2 aliphatic rings. The number of thioether (sulfide) groups is 1. The number of hydrogen-bond acceptors (Lipinski definition) is 5. The van der Waals surface area contributed by atoms with Crippen molar-refractivity contribution in [1.82, 2.24) is 9.58 Å². The van der Waals surface area contributed by atoms with E-state index in [2.05, 4.69) is 36.1 Å². The van der Waals surface area contributed by atoms with E-state index in [0.29, 0.717) is 10.2 Å². The number of aliphatic imine (C=N–C) groups is 1. The Morgan fingerprint density at radius 3 is 2.65 bits per heavy atom. The lowest BCUT2D eigenvalue weighted by Crippen LogP contribution is -2.35. The molecule has 0 fully saturated rings. The third-order valence-electron chi connectivity index (χ3n) is 5.78. The molecule has 0 aliphatic carbocycles. The molecule has 8 heteroatoms. The summed E-state index contributed by atoms with van der Waals surface area (Å²) in [5.41, 5.74) is 5.40. The first kappa shape index (κ1) is 21.9. The molecule has 0 atom stereocenters. The van der Waals surface area contributed by atoms with Crippen molar-refractivity contribution < 1.29 is 9.53 Å². The number of hydrazone groups is 1. The number of carbonyl (C=O) groups excluding carboxylic acids is 1. The molecule has 170 valence electrons. The van der Waals surface area contributed by atoms with Crippen LogP contribution in [0.25, 0.3) is 11.8 Å². The van der Waals surface area contributed by atoms with Crippen LogP contribution >= 0.6 is 11.8 Å². The van der Waals surface area contributed by atoms with Gasteiger partial charge in [-0.3, -0.25) is 10.2 Å². The number of ether oxygens (including phenoxy) is 1. The van der Waals surface area contributed by atoms with Crippen molar-refractivity contribution in [3.8, 4) is 11.4 Å². The van der Waals surface area contributed by atoms with E-state index in [-0.39, 0.29) is 18.0 Å². The number of aromatic nitrogens is 1. The molecular weight excluding hydrogens is 446 g/mol. The van der Waals surface area contributed by atoms with Crippen molar-refractivity contribution in [1.29, 1.82) is 5.41 Å². The first-order valence-corrected chi connectivity index (χ1v) is 11.6. The lowest BCUT2D eigenvalue weighted by molar-refractivity contribution is -0.114. The highest BCUT2D eigenvalue weighted by molar-refractivity contribution is 8.27. The number of carbonyl (C=O) groups is 1. The van der Waals surface area contributed by atoms with E-state index in [9.17, 15) is 4.79 Å². The predicted molar refractivity (Wildman–Crippen MR) is 137 cm³/mol. The summed E-state index contributed by atoms with van der Waals surface area (Å²) >= 11 is 1.25. The van der Waals surface area contributed by atoms with E-state index in [1.165, 1.54) is 27.9 Å². The summed E-state index contributed by atoms with van der Waals surface area (Å²) in [6.07, 6.45) is 3.63. The second-order valence-corrected chi connectivity index (χ2v) is 9.18. The smallest absolute Gasteiger partial charge is 0.283 e.